The largest absolute Gasteiger partial charge is 0.398 e. The Labute approximate surface area is 185 Å². The number of amides is 1. The first-order valence-corrected chi connectivity index (χ1v) is 11.1. The van der Waals surface area contributed by atoms with Crippen LogP contribution in [0, 0.1) is 5.41 Å². The molecule has 2 fully saturated rings. The van der Waals surface area contributed by atoms with Gasteiger partial charge in [0.25, 0.3) is 5.91 Å². The summed E-state index contributed by atoms with van der Waals surface area (Å²) in [5.41, 5.74) is 10.2. The van der Waals surface area contributed by atoms with Crippen molar-refractivity contribution in [2.45, 2.75) is 25.8 Å². The van der Waals surface area contributed by atoms with Crippen LogP contribution >= 0.6 is 0 Å². The highest BCUT2D eigenvalue weighted by Gasteiger charge is 2.24. The van der Waals surface area contributed by atoms with Gasteiger partial charge in [0.2, 0.25) is 0 Å². The highest BCUT2D eigenvalue weighted by molar-refractivity contribution is 6.45. The Balaban J connectivity index is 0.00000289. The van der Waals surface area contributed by atoms with E-state index in [1.165, 1.54) is 24.8 Å². The van der Waals surface area contributed by atoms with Gasteiger partial charge in [0.15, 0.2) is 0 Å². The van der Waals surface area contributed by atoms with Gasteiger partial charge in [-0.15, -0.1) is 0 Å². The fourth-order valence-corrected chi connectivity index (χ4v) is 4.34. The maximum absolute atomic E-state index is 12.9. The third-order valence-corrected chi connectivity index (χ3v) is 6.31. The predicted octanol–water partition coefficient (Wildman–Crippen LogP) is 2.70. The molecule has 0 bridgehead atoms. The van der Waals surface area contributed by atoms with Crippen LogP contribution in [0.2, 0.25) is 0 Å². The molecule has 3 heterocycles. The molecule has 0 atom stereocenters. The fourth-order valence-electron chi connectivity index (χ4n) is 4.34. The van der Waals surface area contributed by atoms with Gasteiger partial charge in [0, 0.05) is 63.4 Å². The molecule has 1 aromatic heterocycles. The third kappa shape index (κ3) is 5.11. The van der Waals surface area contributed by atoms with Crippen LogP contribution in [0.1, 0.15) is 31.8 Å². The lowest BCUT2D eigenvalue weighted by Gasteiger charge is -2.32. The molecule has 166 valence electrons. The number of nitrogens with one attached hydrogen (secondary N) is 1. The van der Waals surface area contributed by atoms with Crippen molar-refractivity contribution >= 4 is 17.3 Å². The molecular weight excluding hydrogens is 388 g/mol. The number of carbonyl (C=O) groups excluding carboxylic acids is 1. The summed E-state index contributed by atoms with van der Waals surface area (Å²) in [7, 11) is 2.04. The molecule has 0 saturated carbocycles. The van der Waals surface area contributed by atoms with Crippen LogP contribution in [0.5, 0.6) is 0 Å². The SMILES string of the molecule is CN1CCN(C(=O)C(=N)c2cc(-c3cncc(CN4CCCCC4)c3)ccc2N)CC1.[HH]. The highest BCUT2D eigenvalue weighted by atomic mass is 16.2. The monoisotopic (exact) mass is 422 g/mol. The Morgan fingerprint density at radius 3 is 2.52 bits per heavy atom. The number of piperazine rings is 1. The fraction of sp³-hybridized carbons (Fsp3) is 0.458. The minimum absolute atomic E-state index is 0. The van der Waals surface area contributed by atoms with Gasteiger partial charge in [-0.05, 0) is 62.3 Å². The number of nitrogens with zero attached hydrogens (tertiary/aromatic N) is 4. The normalized spacial score (nSPS) is 18.2. The minimum Gasteiger partial charge on any atom is -0.398 e. The molecule has 2 saturated heterocycles. The summed E-state index contributed by atoms with van der Waals surface area (Å²) in [5.74, 6) is -0.256. The van der Waals surface area contributed by atoms with E-state index in [0.29, 0.717) is 24.3 Å². The molecule has 0 unspecified atom stereocenters. The first-order chi connectivity index (χ1) is 15.0. The number of pyridine rings is 1. The number of anilines is 1. The first-order valence-electron chi connectivity index (χ1n) is 11.1. The summed E-state index contributed by atoms with van der Waals surface area (Å²) >= 11 is 0. The van der Waals surface area contributed by atoms with Crippen LogP contribution in [-0.4, -0.2) is 77.6 Å². The molecule has 2 aliphatic heterocycles. The van der Waals surface area contributed by atoms with E-state index in [9.17, 15) is 4.79 Å². The van der Waals surface area contributed by atoms with E-state index in [0.717, 1.165) is 43.9 Å². The number of benzene rings is 1. The van der Waals surface area contributed by atoms with E-state index >= 15 is 0 Å². The molecule has 1 aromatic carbocycles. The van der Waals surface area contributed by atoms with Gasteiger partial charge < -0.3 is 15.5 Å². The van der Waals surface area contributed by atoms with Gasteiger partial charge in [-0.25, -0.2) is 0 Å². The molecular formula is C24H34N6O. The van der Waals surface area contributed by atoms with Crippen molar-refractivity contribution in [2.75, 3.05) is 52.0 Å². The lowest BCUT2D eigenvalue weighted by molar-refractivity contribution is -0.125. The second-order valence-corrected chi connectivity index (χ2v) is 8.69. The smallest absolute Gasteiger partial charge is 0.272 e. The number of likely N-dealkylation sites (tertiary alicyclic amines) is 1. The topological polar surface area (TPSA) is 89.6 Å². The van der Waals surface area contributed by atoms with Crippen molar-refractivity contribution in [1.29, 1.82) is 5.41 Å². The summed E-state index contributed by atoms with van der Waals surface area (Å²) in [6.45, 7) is 6.11. The summed E-state index contributed by atoms with van der Waals surface area (Å²) in [5, 5.41) is 8.53. The van der Waals surface area contributed by atoms with Crippen LogP contribution in [0.3, 0.4) is 0 Å². The van der Waals surface area contributed by atoms with Crippen LogP contribution < -0.4 is 5.73 Å². The van der Waals surface area contributed by atoms with Crippen molar-refractivity contribution in [3.05, 3.63) is 47.8 Å². The van der Waals surface area contributed by atoms with E-state index in [4.69, 9.17) is 11.1 Å². The van der Waals surface area contributed by atoms with Gasteiger partial charge in [-0.3, -0.25) is 20.1 Å². The molecule has 3 N–H and O–H groups in total. The predicted molar refractivity (Wildman–Crippen MR) is 126 cm³/mol. The molecule has 0 radical (unpaired) electrons. The van der Waals surface area contributed by atoms with E-state index in [-0.39, 0.29) is 13.0 Å². The Hall–Kier alpha value is -2.77. The Morgan fingerprint density at radius 2 is 1.77 bits per heavy atom. The van der Waals surface area contributed by atoms with Crippen LogP contribution in [0.15, 0.2) is 36.7 Å². The molecule has 7 heteroatoms. The third-order valence-electron chi connectivity index (χ3n) is 6.31. The zero-order valence-electron chi connectivity index (χ0n) is 18.3. The highest BCUT2D eigenvalue weighted by Crippen LogP contribution is 2.25. The van der Waals surface area contributed by atoms with Gasteiger partial charge in [-0.1, -0.05) is 12.5 Å². The molecule has 31 heavy (non-hydrogen) atoms. The zero-order valence-corrected chi connectivity index (χ0v) is 18.3. The molecule has 0 aliphatic carbocycles. The summed E-state index contributed by atoms with van der Waals surface area (Å²) in [6.07, 6.45) is 7.60. The summed E-state index contributed by atoms with van der Waals surface area (Å²) in [4.78, 5) is 23.7. The van der Waals surface area contributed by atoms with Gasteiger partial charge in [0.05, 0.1) is 0 Å². The Bertz CT molecular complexity index is 951. The van der Waals surface area contributed by atoms with Crippen LogP contribution in [-0.2, 0) is 11.3 Å². The van der Waals surface area contributed by atoms with Crippen molar-refractivity contribution in [1.82, 2.24) is 19.7 Å². The molecule has 1 amide bonds. The van der Waals surface area contributed by atoms with Crippen molar-refractivity contribution in [3.63, 3.8) is 0 Å². The molecule has 2 aromatic rings. The number of nitrogen functional groups attached to an aromatic ring is 1. The Kier molecular flexibility index (Phi) is 6.63. The number of likely N-dealkylation sites (N-methyl/N-ethyl adjacent to an activating group) is 1. The average Bonchev–Trinajstić information content (AvgIpc) is 2.80. The number of hydrogen-bond donors (Lipinski definition) is 2. The Morgan fingerprint density at radius 1 is 1.03 bits per heavy atom. The minimum atomic E-state index is -0.256. The van der Waals surface area contributed by atoms with E-state index in [1.54, 1.807) is 11.0 Å². The standard InChI is InChI=1S/C24H32N6O.H2/c1-28-9-11-30(12-10-28)24(31)23(26)21-14-19(5-6-22(21)25)20-13-18(15-27-16-20)17-29-7-3-2-4-8-29;/h5-6,13-16,26H,2-4,7-12,17,25H2,1H3;1H. The van der Waals surface area contributed by atoms with Crippen LogP contribution in [0.25, 0.3) is 11.1 Å². The van der Waals surface area contributed by atoms with E-state index in [1.807, 2.05) is 31.6 Å². The van der Waals surface area contributed by atoms with Crippen LogP contribution in [0.4, 0.5) is 5.69 Å². The van der Waals surface area contributed by atoms with Crippen molar-refractivity contribution < 1.29 is 6.22 Å². The van der Waals surface area contributed by atoms with Gasteiger partial charge >= 0.3 is 0 Å². The number of piperidine rings is 1. The number of hydrogen-bond acceptors (Lipinski definition) is 6. The first kappa shape index (κ1) is 21.5. The molecule has 2 aliphatic rings. The van der Waals surface area contributed by atoms with E-state index in [2.05, 4.69) is 20.9 Å². The summed E-state index contributed by atoms with van der Waals surface area (Å²) in [6, 6.07) is 7.73. The van der Waals surface area contributed by atoms with Crippen molar-refractivity contribution in [2.24, 2.45) is 0 Å². The van der Waals surface area contributed by atoms with Crippen molar-refractivity contribution in [3.8, 4) is 11.1 Å². The van der Waals surface area contributed by atoms with Gasteiger partial charge in [-0.2, -0.15) is 0 Å². The average molecular weight is 423 g/mol. The molecule has 0 spiro atoms. The number of aromatic nitrogens is 1. The lowest BCUT2D eigenvalue weighted by atomic mass is 9.98. The van der Waals surface area contributed by atoms with Gasteiger partial charge in [0.1, 0.15) is 5.71 Å². The zero-order chi connectivity index (χ0) is 21.8. The maximum atomic E-state index is 12.9. The molecule has 4 rings (SSSR count). The lowest BCUT2D eigenvalue weighted by Crippen LogP contribution is -2.49. The quantitative estimate of drug-likeness (QED) is 0.571. The molecule has 7 nitrogen and oxygen atoms in total. The van der Waals surface area contributed by atoms with E-state index < -0.39 is 0 Å². The second kappa shape index (κ2) is 9.58. The number of carbonyl (C=O) groups is 1. The second-order valence-electron chi connectivity index (χ2n) is 8.69. The number of nitrogens with two attached hydrogens (primary N) is 1. The maximum Gasteiger partial charge on any atom is 0.272 e. The number of rotatable bonds is 5. The summed E-state index contributed by atoms with van der Waals surface area (Å²) < 4.78 is 0.